The Kier molecular flexibility index (Phi) is 8.98. The van der Waals surface area contributed by atoms with Gasteiger partial charge in [0.2, 0.25) is 0 Å². The molecule has 0 aromatic heterocycles. The molecule has 0 radical (unpaired) electrons. The van der Waals surface area contributed by atoms with E-state index in [9.17, 15) is 15.3 Å². The summed E-state index contributed by atoms with van der Waals surface area (Å²) in [6.45, 7) is 14.7. The summed E-state index contributed by atoms with van der Waals surface area (Å²) < 4.78 is 11.8. The molecule has 13 atom stereocenters. The lowest BCUT2D eigenvalue weighted by Gasteiger charge is -2.61. The Labute approximate surface area is 238 Å². The van der Waals surface area contributed by atoms with E-state index in [1.165, 1.54) is 57.8 Å². The highest BCUT2D eigenvalue weighted by atomic mass is 16.7. The second kappa shape index (κ2) is 11.7. The zero-order valence-electron chi connectivity index (χ0n) is 25.6. The molecule has 5 fully saturated rings. The third-order valence-corrected chi connectivity index (χ3v) is 13.2. The molecule has 0 aromatic rings. The second-order valence-electron chi connectivity index (χ2n) is 15.2. The van der Waals surface area contributed by atoms with Crippen molar-refractivity contribution in [1.82, 2.24) is 0 Å². The fourth-order valence-electron chi connectivity index (χ4n) is 10.8. The Morgan fingerprint density at radius 1 is 0.923 bits per heavy atom. The summed E-state index contributed by atoms with van der Waals surface area (Å²) in [7, 11) is 0. The van der Waals surface area contributed by atoms with Crippen molar-refractivity contribution in [3.63, 3.8) is 0 Å². The molecule has 1 saturated heterocycles. The van der Waals surface area contributed by atoms with E-state index in [-0.39, 0.29) is 12.7 Å². The summed E-state index contributed by atoms with van der Waals surface area (Å²) in [5.74, 6) is 5.60. The van der Waals surface area contributed by atoms with Crippen molar-refractivity contribution in [2.45, 2.75) is 143 Å². The molecule has 4 aliphatic carbocycles. The van der Waals surface area contributed by atoms with Crippen LogP contribution in [0.25, 0.3) is 0 Å². The Hall–Kier alpha value is -0.460. The molecule has 1 heterocycles. The van der Waals surface area contributed by atoms with E-state index >= 15 is 0 Å². The molecule has 0 spiro atoms. The number of aliphatic hydroxyl groups excluding tert-OH is 3. The lowest BCUT2D eigenvalue weighted by molar-refractivity contribution is -0.289. The van der Waals surface area contributed by atoms with Gasteiger partial charge in [-0.2, -0.15) is 0 Å². The Balaban J connectivity index is 1.21. The number of hydrogen-bond acceptors (Lipinski definition) is 5. The molecular formula is C34H58O5. The molecule has 39 heavy (non-hydrogen) atoms. The van der Waals surface area contributed by atoms with Crippen LogP contribution in [-0.4, -0.2) is 52.6 Å². The van der Waals surface area contributed by atoms with Crippen molar-refractivity contribution in [2.24, 2.45) is 52.3 Å². The molecular weight excluding hydrogens is 488 g/mol. The number of ether oxygens (including phenoxy) is 2. The highest BCUT2D eigenvalue weighted by Gasteiger charge is 2.60. The first-order valence-electron chi connectivity index (χ1n) is 16.5. The number of aliphatic hydroxyl groups is 3. The quantitative estimate of drug-likeness (QED) is 0.251. The molecule has 5 aliphatic rings. The van der Waals surface area contributed by atoms with Crippen LogP contribution in [0.4, 0.5) is 0 Å². The lowest BCUT2D eigenvalue weighted by Crippen LogP contribution is -2.56. The Morgan fingerprint density at radius 2 is 1.64 bits per heavy atom. The van der Waals surface area contributed by atoms with Crippen LogP contribution in [0.5, 0.6) is 0 Å². The van der Waals surface area contributed by atoms with E-state index in [1.54, 1.807) is 5.57 Å². The van der Waals surface area contributed by atoms with Gasteiger partial charge in [-0.3, -0.25) is 0 Å². The van der Waals surface area contributed by atoms with Crippen LogP contribution in [0.15, 0.2) is 11.6 Å². The van der Waals surface area contributed by atoms with E-state index in [2.05, 4.69) is 47.6 Å². The fourth-order valence-corrected chi connectivity index (χ4v) is 10.8. The van der Waals surface area contributed by atoms with Gasteiger partial charge in [0.05, 0.1) is 12.7 Å². The van der Waals surface area contributed by atoms with Crippen molar-refractivity contribution >= 4 is 0 Å². The van der Waals surface area contributed by atoms with Crippen LogP contribution in [0, 0.1) is 52.3 Å². The summed E-state index contributed by atoms with van der Waals surface area (Å²) in [5, 5.41) is 30.2. The van der Waals surface area contributed by atoms with Crippen molar-refractivity contribution in [3.8, 4) is 0 Å². The molecule has 0 bridgehead atoms. The molecule has 1 aliphatic heterocycles. The standard InChI is InChI=1S/C34H58O5/c1-7-22(20(2)3)9-8-21(4)26-12-13-27-25-11-10-23-18-24(39-32-31(37)30(36)29(35)19-38-32)14-16-33(23,5)28(25)15-17-34(26,27)6/h7,20-21,23-32,35-37H,8-19H2,1-6H3. The van der Waals surface area contributed by atoms with Gasteiger partial charge in [0, 0.05) is 0 Å². The van der Waals surface area contributed by atoms with Gasteiger partial charge in [0.1, 0.15) is 18.3 Å². The first kappa shape index (κ1) is 30.0. The third kappa shape index (κ3) is 5.42. The van der Waals surface area contributed by atoms with Crippen LogP contribution in [0.3, 0.4) is 0 Å². The molecule has 5 rings (SSSR count). The minimum Gasteiger partial charge on any atom is -0.388 e. The summed E-state index contributed by atoms with van der Waals surface area (Å²) in [4.78, 5) is 0. The SMILES string of the molecule is CC=C(CCC(C)C1CCC2C3CCC4CC(OC5OCC(O)C(O)C5O)CCC4(C)C3CCC12C)C(C)C. The van der Waals surface area contributed by atoms with Gasteiger partial charge in [-0.15, -0.1) is 0 Å². The average Bonchev–Trinajstić information content (AvgIpc) is 3.26. The zero-order valence-corrected chi connectivity index (χ0v) is 25.6. The molecule has 4 saturated carbocycles. The Bertz CT molecular complexity index is 872. The highest BCUT2D eigenvalue weighted by Crippen LogP contribution is 2.68. The van der Waals surface area contributed by atoms with Crippen LogP contribution < -0.4 is 0 Å². The van der Waals surface area contributed by atoms with Gasteiger partial charge < -0.3 is 24.8 Å². The highest BCUT2D eigenvalue weighted by molar-refractivity contribution is 5.10. The lowest BCUT2D eigenvalue weighted by atomic mass is 9.44. The maximum atomic E-state index is 10.4. The second-order valence-corrected chi connectivity index (χ2v) is 15.2. The smallest absolute Gasteiger partial charge is 0.186 e. The Morgan fingerprint density at radius 3 is 2.36 bits per heavy atom. The molecule has 0 amide bonds. The van der Waals surface area contributed by atoms with Crippen LogP contribution in [-0.2, 0) is 9.47 Å². The van der Waals surface area contributed by atoms with Gasteiger partial charge in [0.15, 0.2) is 6.29 Å². The minimum atomic E-state index is -1.21. The molecule has 5 nitrogen and oxygen atoms in total. The van der Waals surface area contributed by atoms with Crippen molar-refractivity contribution < 1.29 is 24.8 Å². The van der Waals surface area contributed by atoms with E-state index in [0.29, 0.717) is 22.7 Å². The average molecular weight is 547 g/mol. The van der Waals surface area contributed by atoms with Crippen molar-refractivity contribution in [2.75, 3.05) is 6.61 Å². The fraction of sp³-hybridized carbons (Fsp3) is 0.941. The number of fused-ring (bicyclic) bond motifs is 5. The molecule has 3 N–H and O–H groups in total. The largest absolute Gasteiger partial charge is 0.388 e. The number of hydrogen-bond donors (Lipinski definition) is 3. The monoisotopic (exact) mass is 546 g/mol. The predicted molar refractivity (Wildman–Crippen MR) is 155 cm³/mol. The minimum absolute atomic E-state index is 0.00840. The van der Waals surface area contributed by atoms with Gasteiger partial charge in [0.25, 0.3) is 0 Å². The van der Waals surface area contributed by atoms with Gasteiger partial charge in [-0.05, 0) is 130 Å². The summed E-state index contributed by atoms with van der Waals surface area (Å²) in [6, 6.07) is 0. The van der Waals surface area contributed by atoms with Gasteiger partial charge in [-0.1, -0.05) is 46.3 Å². The molecule has 0 aromatic carbocycles. The number of rotatable bonds is 7. The molecule has 5 heteroatoms. The normalized spacial score (nSPS) is 49.3. The summed E-state index contributed by atoms with van der Waals surface area (Å²) >= 11 is 0. The number of allylic oxidation sites excluding steroid dienone is 2. The summed E-state index contributed by atoms with van der Waals surface area (Å²) in [5.41, 5.74) is 2.53. The topological polar surface area (TPSA) is 79.2 Å². The third-order valence-electron chi connectivity index (χ3n) is 13.2. The summed E-state index contributed by atoms with van der Waals surface area (Å²) in [6.07, 6.45) is 12.2. The van der Waals surface area contributed by atoms with E-state index in [1.807, 2.05) is 0 Å². The van der Waals surface area contributed by atoms with Gasteiger partial charge >= 0.3 is 0 Å². The van der Waals surface area contributed by atoms with Crippen LogP contribution in [0.2, 0.25) is 0 Å². The molecule has 13 unspecified atom stereocenters. The molecule has 224 valence electrons. The van der Waals surface area contributed by atoms with E-state index < -0.39 is 24.6 Å². The maximum Gasteiger partial charge on any atom is 0.186 e. The van der Waals surface area contributed by atoms with E-state index in [0.717, 1.165) is 42.4 Å². The van der Waals surface area contributed by atoms with Gasteiger partial charge in [-0.25, -0.2) is 0 Å². The first-order chi connectivity index (χ1) is 18.5. The first-order valence-corrected chi connectivity index (χ1v) is 16.5. The van der Waals surface area contributed by atoms with Crippen LogP contribution in [0.1, 0.15) is 112 Å². The van der Waals surface area contributed by atoms with Crippen molar-refractivity contribution in [1.29, 1.82) is 0 Å². The van der Waals surface area contributed by atoms with E-state index in [4.69, 9.17) is 9.47 Å². The zero-order chi connectivity index (χ0) is 28.1. The van der Waals surface area contributed by atoms with Crippen molar-refractivity contribution in [3.05, 3.63) is 11.6 Å². The maximum absolute atomic E-state index is 10.4. The predicted octanol–water partition coefficient (Wildman–Crippen LogP) is 6.49. The van der Waals surface area contributed by atoms with Crippen LogP contribution >= 0.6 is 0 Å².